The van der Waals surface area contributed by atoms with Crippen molar-refractivity contribution in [3.8, 4) is 0 Å². The molecule has 4 heterocycles. The highest BCUT2D eigenvalue weighted by molar-refractivity contribution is 8.00. The third-order valence-corrected chi connectivity index (χ3v) is 6.13. The number of hydrogen-bond acceptors (Lipinski definition) is 8. The molecule has 0 radical (unpaired) electrons. The lowest BCUT2D eigenvalue weighted by Crippen LogP contribution is -2.11. The van der Waals surface area contributed by atoms with Crippen LogP contribution in [0.4, 0.5) is 5.13 Å². The number of hydrogen-bond donors (Lipinski definition) is 1. The van der Waals surface area contributed by atoms with Crippen molar-refractivity contribution in [3.05, 3.63) is 53.8 Å². The summed E-state index contributed by atoms with van der Waals surface area (Å²) >= 11 is 2.86. The third kappa shape index (κ3) is 3.58. The first-order valence-electron chi connectivity index (χ1n) is 8.41. The molecule has 0 bridgehead atoms. The number of carbonyl (C=O) groups excluding carboxylic acids is 1. The molecule has 4 aromatic rings. The summed E-state index contributed by atoms with van der Waals surface area (Å²) < 4.78 is 7.96. The van der Waals surface area contributed by atoms with Gasteiger partial charge in [-0.25, -0.2) is 4.98 Å². The molecule has 0 unspecified atom stereocenters. The predicted octanol–water partition coefficient (Wildman–Crippen LogP) is 3.60. The topological polar surface area (TPSA) is 98.2 Å². The fourth-order valence-corrected chi connectivity index (χ4v) is 4.26. The molecule has 1 aliphatic carbocycles. The van der Waals surface area contributed by atoms with Crippen LogP contribution in [0, 0.1) is 0 Å². The molecule has 1 saturated carbocycles. The minimum Gasteiger partial charge on any atom is -0.360 e. The molecule has 4 aromatic heterocycles. The van der Waals surface area contributed by atoms with Crippen LogP contribution in [0.15, 0.2) is 45.5 Å². The zero-order chi connectivity index (χ0) is 18.2. The van der Waals surface area contributed by atoms with Gasteiger partial charge in [-0.1, -0.05) is 34.3 Å². The smallest absolute Gasteiger partial charge is 0.279 e. The van der Waals surface area contributed by atoms with Gasteiger partial charge >= 0.3 is 0 Å². The fourth-order valence-electron chi connectivity index (χ4n) is 2.63. The minimum absolute atomic E-state index is 0.269. The number of imidazole rings is 1. The first kappa shape index (κ1) is 16.5. The zero-order valence-corrected chi connectivity index (χ0v) is 15.7. The van der Waals surface area contributed by atoms with Crippen LogP contribution in [0.3, 0.4) is 0 Å². The lowest BCUT2D eigenvalue weighted by atomic mass is 10.3. The Morgan fingerprint density at radius 1 is 1.37 bits per heavy atom. The molecule has 5 rings (SSSR count). The van der Waals surface area contributed by atoms with E-state index in [0.29, 0.717) is 16.8 Å². The summed E-state index contributed by atoms with van der Waals surface area (Å²) in [5.74, 6) is 1.54. The Kier molecular flexibility index (Phi) is 4.13. The van der Waals surface area contributed by atoms with Crippen molar-refractivity contribution < 1.29 is 9.32 Å². The monoisotopic (exact) mass is 398 g/mol. The number of carbonyl (C=O) groups is 1. The summed E-state index contributed by atoms with van der Waals surface area (Å²) in [4.78, 5) is 16.8. The molecule has 1 aliphatic rings. The highest BCUT2D eigenvalue weighted by atomic mass is 32.2. The average molecular weight is 398 g/mol. The molecule has 0 aromatic carbocycles. The van der Waals surface area contributed by atoms with Crippen molar-refractivity contribution in [2.45, 2.75) is 28.9 Å². The van der Waals surface area contributed by atoms with Gasteiger partial charge in [0.2, 0.25) is 5.13 Å². The van der Waals surface area contributed by atoms with Crippen LogP contribution in [-0.4, -0.2) is 30.6 Å². The molecule has 0 spiro atoms. The number of amides is 1. The van der Waals surface area contributed by atoms with Crippen molar-refractivity contribution in [1.82, 2.24) is 24.7 Å². The van der Waals surface area contributed by atoms with E-state index in [2.05, 4.69) is 25.7 Å². The van der Waals surface area contributed by atoms with Gasteiger partial charge in [0.05, 0.1) is 5.69 Å². The molecule has 27 heavy (non-hydrogen) atoms. The Morgan fingerprint density at radius 2 is 2.30 bits per heavy atom. The molecule has 136 valence electrons. The van der Waals surface area contributed by atoms with Crippen LogP contribution >= 0.6 is 23.1 Å². The Balaban J connectivity index is 1.20. The van der Waals surface area contributed by atoms with Gasteiger partial charge in [-0.2, -0.15) is 0 Å². The maximum atomic E-state index is 12.2. The van der Waals surface area contributed by atoms with Crippen molar-refractivity contribution in [2.24, 2.45) is 0 Å². The fraction of sp³-hybridized carbons (Fsp3) is 0.235. The summed E-state index contributed by atoms with van der Waals surface area (Å²) in [7, 11) is 0. The molecule has 10 heteroatoms. The molecule has 8 nitrogen and oxygen atoms in total. The van der Waals surface area contributed by atoms with Gasteiger partial charge in [-0.05, 0) is 25.0 Å². The van der Waals surface area contributed by atoms with Crippen LogP contribution in [-0.2, 0) is 5.75 Å². The van der Waals surface area contributed by atoms with Gasteiger partial charge in [-0.3, -0.25) is 10.1 Å². The van der Waals surface area contributed by atoms with Crippen LogP contribution in [0.25, 0.3) is 5.65 Å². The number of fused-ring (bicyclic) bond motifs is 1. The van der Waals surface area contributed by atoms with Crippen LogP contribution in [0.5, 0.6) is 0 Å². The zero-order valence-electron chi connectivity index (χ0n) is 14.0. The predicted molar refractivity (Wildman–Crippen MR) is 101 cm³/mol. The van der Waals surface area contributed by atoms with E-state index < -0.39 is 0 Å². The maximum Gasteiger partial charge on any atom is 0.279 e. The van der Waals surface area contributed by atoms with E-state index in [9.17, 15) is 4.79 Å². The highest BCUT2D eigenvalue weighted by Gasteiger charge is 2.29. The van der Waals surface area contributed by atoms with E-state index >= 15 is 0 Å². The molecule has 1 fully saturated rings. The first-order chi connectivity index (χ1) is 13.2. The standard InChI is InChI=1S/C17H14N6O2S2/c24-15(12-7-13(25-22-12)10-4-5-10)19-16-20-21-17(27-16)26-9-11-8-23-6-2-1-3-14(23)18-11/h1-3,6-8,10H,4-5,9H2,(H,19,20,24). The highest BCUT2D eigenvalue weighted by Crippen LogP contribution is 2.40. The van der Waals surface area contributed by atoms with E-state index in [0.717, 1.165) is 34.3 Å². The Hall–Kier alpha value is -2.72. The van der Waals surface area contributed by atoms with E-state index in [4.69, 9.17) is 4.52 Å². The van der Waals surface area contributed by atoms with Crippen molar-refractivity contribution >= 4 is 39.8 Å². The lowest BCUT2D eigenvalue weighted by Gasteiger charge is -1.95. The van der Waals surface area contributed by atoms with E-state index in [-0.39, 0.29) is 11.6 Å². The summed E-state index contributed by atoms with van der Waals surface area (Å²) in [6.45, 7) is 0. The van der Waals surface area contributed by atoms with Crippen LogP contribution in [0.2, 0.25) is 0 Å². The Bertz CT molecular complexity index is 1080. The van der Waals surface area contributed by atoms with Crippen LogP contribution < -0.4 is 5.32 Å². The Labute approximate surface area is 162 Å². The second-order valence-corrected chi connectivity index (χ2v) is 8.40. The lowest BCUT2D eigenvalue weighted by molar-refractivity contribution is 0.101. The number of anilines is 1. The summed E-state index contributed by atoms with van der Waals surface area (Å²) in [5.41, 5.74) is 2.14. The van der Waals surface area contributed by atoms with Gasteiger partial charge in [0, 0.05) is 30.1 Å². The largest absolute Gasteiger partial charge is 0.360 e. The molecule has 1 N–H and O–H groups in total. The van der Waals surface area contributed by atoms with Gasteiger partial charge in [0.1, 0.15) is 11.4 Å². The number of pyridine rings is 1. The van der Waals surface area contributed by atoms with Crippen molar-refractivity contribution in [1.29, 1.82) is 0 Å². The summed E-state index contributed by atoms with van der Waals surface area (Å²) in [6.07, 6.45) is 6.15. The molecule has 0 aliphatic heterocycles. The average Bonchev–Trinajstić information content (AvgIpc) is 3.10. The number of aromatic nitrogens is 5. The second kappa shape index (κ2) is 6.78. The van der Waals surface area contributed by atoms with E-state index in [1.54, 1.807) is 6.07 Å². The number of nitrogens with zero attached hydrogens (tertiary/aromatic N) is 5. The SMILES string of the molecule is O=C(Nc1nnc(SCc2cn3ccccc3n2)s1)c1cc(C2CC2)on1. The Morgan fingerprint density at radius 3 is 3.15 bits per heavy atom. The molecular formula is C17H14N6O2S2. The van der Waals surface area contributed by atoms with Gasteiger partial charge in [0.15, 0.2) is 10.0 Å². The second-order valence-electron chi connectivity index (χ2n) is 6.20. The number of nitrogens with one attached hydrogen (secondary N) is 1. The summed E-state index contributed by atoms with van der Waals surface area (Å²) in [5, 5.41) is 15.1. The third-order valence-electron chi connectivity index (χ3n) is 4.13. The van der Waals surface area contributed by atoms with E-state index in [1.807, 2.05) is 35.0 Å². The minimum atomic E-state index is -0.335. The molecular weight excluding hydrogens is 384 g/mol. The molecule has 0 saturated heterocycles. The van der Waals surface area contributed by atoms with Gasteiger partial charge in [-0.15, -0.1) is 10.2 Å². The normalized spacial score (nSPS) is 13.9. The van der Waals surface area contributed by atoms with Gasteiger partial charge < -0.3 is 8.92 Å². The number of rotatable bonds is 6. The van der Waals surface area contributed by atoms with E-state index in [1.165, 1.54) is 23.1 Å². The first-order valence-corrected chi connectivity index (χ1v) is 10.2. The summed E-state index contributed by atoms with van der Waals surface area (Å²) in [6, 6.07) is 7.59. The van der Waals surface area contributed by atoms with Crippen molar-refractivity contribution in [3.63, 3.8) is 0 Å². The van der Waals surface area contributed by atoms with Crippen molar-refractivity contribution in [2.75, 3.05) is 5.32 Å². The van der Waals surface area contributed by atoms with Crippen LogP contribution in [0.1, 0.15) is 40.7 Å². The number of thioether (sulfide) groups is 1. The maximum absolute atomic E-state index is 12.2. The molecule has 1 amide bonds. The molecule has 0 atom stereocenters. The quantitative estimate of drug-likeness (QED) is 0.391. The van der Waals surface area contributed by atoms with Gasteiger partial charge in [0.25, 0.3) is 5.91 Å².